The van der Waals surface area contributed by atoms with Crippen molar-refractivity contribution < 1.29 is 4.74 Å². The molecule has 0 saturated carbocycles. The smallest absolute Gasteiger partial charge is 0.330 e. The fourth-order valence-corrected chi connectivity index (χ4v) is 1.90. The number of aromatic nitrogens is 2. The van der Waals surface area contributed by atoms with E-state index in [2.05, 4.69) is 11.9 Å². The van der Waals surface area contributed by atoms with Crippen LogP contribution in [0.5, 0.6) is 5.75 Å². The molecule has 0 aliphatic rings. The molecule has 6 nitrogen and oxygen atoms in total. The maximum absolute atomic E-state index is 12.1. The normalized spacial score (nSPS) is 11.5. The Hall–Kier alpha value is -2.76. The first-order chi connectivity index (χ1) is 9.95. The molecule has 2 rings (SSSR count). The third-order valence-corrected chi connectivity index (χ3v) is 3.30. The van der Waals surface area contributed by atoms with E-state index >= 15 is 0 Å². The highest BCUT2D eigenvalue weighted by Crippen LogP contribution is 2.14. The fourth-order valence-electron chi connectivity index (χ4n) is 1.90. The van der Waals surface area contributed by atoms with Crippen LogP contribution in [0.4, 0.5) is 5.69 Å². The van der Waals surface area contributed by atoms with Crippen LogP contribution in [0, 0.1) is 0 Å². The molecule has 0 unspecified atom stereocenters. The van der Waals surface area contributed by atoms with Gasteiger partial charge in [0.15, 0.2) is 0 Å². The Bertz CT molecular complexity index is 833. The van der Waals surface area contributed by atoms with E-state index in [4.69, 9.17) is 4.74 Å². The summed E-state index contributed by atoms with van der Waals surface area (Å²) in [5, 5.41) is 3.73. The van der Waals surface area contributed by atoms with Crippen molar-refractivity contribution >= 4 is 18.5 Å². The molecule has 0 fully saturated rings. The van der Waals surface area contributed by atoms with Gasteiger partial charge in [-0.05, 0) is 24.3 Å². The minimum absolute atomic E-state index is 0.343. The topological polar surface area (TPSA) is 65.3 Å². The highest BCUT2D eigenvalue weighted by Gasteiger charge is 2.03. The summed E-state index contributed by atoms with van der Waals surface area (Å²) in [6.07, 6.45) is 1.55. The first-order valence-electron chi connectivity index (χ1n) is 6.31. The first-order valence-corrected chi connectivity index (χ1v) is 6.31. The lowest BCUT2D eigenvalue weighted by molar-refractivity contribution is 0.415. The predicted molar refractivity (Wildman–Crippen MR) is 82.8 cm³/mol. The molecule has 1 aromatic heterocycles. The highest BCUT2D eigenvalue weighted by atomic mass is 16.5. The zero-order valence-corrected chi connectivity index (χ0v) is 12.2. The first kappa shape index (κ1) is 14.6. The second kappa shape index (κ2) is 5.70. The number of nitrogens with one attached hydrogen (secondary N) is 1. The molecule has 1 heterocycles. The molecule has 1 N–H and O–H groups in total. The Morgan fingerprint density at radius 1 is 1.14 bits per heavy atom. The van der Waals surface area contributed by atoms with Gasteiger partial charge in [0.05, 0.1) is 17.7 Å². The molecular formula is C15H17N3O3. The summed E-state index contributed by atoms with van der Waals surface area (Å²) < 4.78 is 7.46. The second-order valence-electron chi connectivity index (χ2n) is 4.58. The SMILES string of the molecule is C=c1/c(=C/Nc2ccc(OC)cc2)c(=O)n(C)c(=O)n1C. The van der Waals surface area contributed by atoms with Gasteiger partial charge in [-0.2, -0.15) is 0 Å². The largest absolute Gasteiger partial charge is 0.497 e. The van der Waals surface area contributed by atoms with Crippen molar-refractivity contribution in [1.29, 1.82) is 0 Å². The standard InChI is InChI=1S/C15H17N3O3/c1-10-13(14(19)18(3)15(20)17(10)2)9-16-11-5-7-12(21-4)8-6-11/h5-9,16H,1H2,2-4H3/b13-9-. The van der Waals surface area contributed by atoms with Crippen LogP contribution in [0.15, 0.2) is 33.9 Å². The van der Waals surface area contributed by atoms with Gasteiger partial charge in [0.1, 0.15) is 5.75 Å². The van der Waals surface area contributed by atoms with E-state index in [1.165, 1.54) is 11.6 Å². The molecule has 0 aliphatic carbocycles. The molecule has 0 bridgehead atoms. The molecule has 0 saturated heterocycles. The summed E-state index contributed by atoms with van der Waals surface area (Å²) >= 11 is 0. The van der Waals surface area contributed by atoms with Gasteiger partial charge in [0.2, 0.25) is 0 Å². The zero-order chi connectivity index (χ0) is 15.6. The average molecular weight is 287 g/mol. The molecule has 2 aromatic rings. The third kappa shape index (κ3) is 2.74. The average Bonchev–Trinajstić information content (AvgIpc) is 2.51. The number of hydrogen-bond acceptors (Lipinski definition) is 4. The lowest BCUT2D eigenvalue weighted by atomic mass is 10.3. The predicted octanol–water partition coefficient (Wildman–Crippen LogP) is -0.647. The van der Waals surface area contributed by atoms with Crippen molar-refractivity contribution in [3.63, 3.8) is 0 Å². The monoisotopic (exact) mass is 287 g/mol. The Balaban J connectivity index is 2.49. The van der Waals surface area contributed by atoms with Gasteiger partial charge < -0.3 is 10.1 Å². The van der Waals surface area contributed by atoms with E-state index in [9.17, 15) is 9.59 Å². The summed E-state index contributed by atoms with van der Waals surface area (Å²) in [5.74, 6) is 0.747. The molecule has 110 valence electrons. The van der Waals surface area contributed by atoms with Gasteiger partial charge in [-0.1, -0.05) is 6.58 Å². The number of hydrogen-bond donors (Lipinski definition) is 1. The van der Waals surface area contributed by atoms with Crippen LogP contribution in [0.2, 0.25) is 0 Å². The Morgan fingerprint density at radius 3 is 2.33 bits per heavy atom. The summed E-state index contributed by atoms with van der Waals surface area (Å²) in [7, 11) is 4.61. The van der Waals surface area contributed by atoms with Gasteiger partial charge >= 0.3 is 5.69 Å². The van der Waals surface area contributed by atoms with Gasteiger partial charge in [0, 0.05) is 26.0 Å². The quantitative estimate of drug-likeness (QED) is 0.815. The number of anilines is 1. The minimum atomic E-state index is -0.397. The number of benzene rings is 1. The maximum atomic E-state index is 12.1. The summed E-state index contributed by atoms with van der Waals surface area (Å²) in [5.41, 5.74) is 0.0156. The molecular weight excluding hydrogens is 270 g/mol. The Morgan fingerprint density at radius 2 is 1.76 bits per heavy atom. The lowest BCUT2D eigenvalue weighted by Gasteiger charge is -2.05. The van der Waals surface area contributed by atoms with Gasteiger partial charge in [0.25, 0.3) is 5.56 Å². The summed E-state index contributed by atoms with van der Waals surface area (Å²) in [6, 6.07) is 7.26. The van der Waals surface area contributed by atoms with E-state index in [1.807, 2.05) is 12.1 Å². The molecule has 0 amide bonds. The van der Waals surface area contributed by atoms with Crippen LogP contribution in [0.1, 0.15) is 0 Å². The highest BCUT2D eigenvalue weighted by molar-refractivity contribution is 5.55. The van der Waals surface area contributed by atoms with Crippen molar-refractivity contribution in [2.24, 2.45) is 14.1 Å². The molecule has 0 spiro atoms. The molecule has 0 aliphatic heterocycles. The van der Waals surface area contributed by atoms with E-state index in [-0.39, 0.29) is 5.56 Å². The van der Waals surface area contributed by atoms with Crippen LogP contribution in [-0.4, -0.2) is 16.2 Å². The number of methoxy groups -OCH3 is 1. The van der Waals surface area contributed by atoms with Crippen molar-refractivity contribution in [3.05, 3.63) is 55.7 Å². The summed E-state index contributed by atoms with van der Waals surface area (Å²) in [6.45, 7) is 3.78. The third-order valence-electron chi connectivity index (χ3n) is 3.30. The van der Waals surface area contributed by atoms with E-state index in [1.54, 1.807) is 32.5 Å². The number of nitrogens with zero attached hydrogens (tertiary/aromatic N) is 2. The van der Waals surface area contributed by atoms with Crippen molar-refractivity contribution in [2.45, 2.75) is 0 Å². The Kier molecular flexibility index (Phi) is 3.98. The van der Waals surface area contributed by atoms with E-state index < -0.39 is 5.69 Å². The molecule has 0 atom stereocenters. The van der Waals surface area contributed by atoms with E-state index in [0.717, 1.165) is 16.0 Å². The van der Waals surface area contributed by atoms with Gasteiger partial charge in [-0.15, -0.1) is 0 Å². The van der Waals surface area contributed by atoms with Crippen molar-refractivity contribution in [3.8, 4) is 5.75 Å². The number of ether oxygens (including phenoxy) is 1. The second-order valence-corrected chi connectivity index (χ2v) is 4.58. The molecule has 6 heteroatoms. The fraction of sp³-hybridized carbons (Fsp3) is 0.200. The van der Waals surface area contributed by atoms with Crippen molar-refractivity contribution in [2.75, 3.05) is 12.4 Å². The van der Waals surface area contributed by atoms with Crippen molar-refractivity contribution in [1.82, 2.24) is 9.13 Å². The molecule has 1 aromatic carbocycles. The van der Waals surface area contributed by atoms with E-state index in [0.29, 0.717) is 10.6 Å². The van der Waals surface area contributed by atoms with Crippen LogP contribution in [0.3, 0.4) is 0 Å². The molecule has 21 heavy (non-hydrogen) atoms. The zero-order valence-electron chi connectivity index (χ0n) is 12.2. The Labute approximate surface area is 121 Å². The van der Waals surface area contributed by atoms with Crippen LogP contribution >= 0.6 is 0 Å². The minimum Gasteiger partial charge on any atom is -0.497 e. The maximum Gasteiger partial charge on any atom is 0.330 e. The summed E-state index contributed by atoms with van der Waals surface area (Å²) in [4.78, 5) is 23.8. The van der Waals surface area contributed by atoms with Gasteiger partial charge in [-0.25, -0.2) is 4.79 Å². The van der Waals surface area contributed by atoms with Crippen LogP contribution < -0.4 is 31.9 Å². The number of rotatable bonds is 3. The van der Waals surface area contributed by atoms with Crippen LogP contribution in [-0.2, 0) is 14.1 Å². The lowest BCUT2D eigenvalue weighted by Crippen LogP contribution is -2.56. The van der Waals surface area contributed by atoms with Gasteiger partial charge in [-0.3, -0.25) is 13.9 Å². The van der Waals surface area contributed by atoms with Crippen LogP contribution in [0.25, 0.3) is 12.8 Å². The molecule has 0 radical (unpaired) electrons.